The van der Waals surface area contributed by atoms with Gasteiger partial charge in [0.25, 0.3) is 10.0 Å². The van der Waals surface area contributed by atoms with E-state index in [2.05, 4.69) is 14.9 Å². The van der Waals surface area contributed by atoms with E-state index in [1.165, 1.54) is 12.1 Å². The molecule has 0 amide bonds. The Morgan fingerprint density at radius 3 is 2.67 bits per heavy atom. The van der Waals surface area contributed by atoms with Gasteiger partial charge in [-0.2, -0.15) is 0 Å². The van der Waals surface area contributed by atoms with Gasteiger partial charge in [-0.15, -0.1) is 0 Å². The van der Waals surface area contributed by atoms with Crippen molar-refractivity contribution in [3.8, 4) is 5.75 Å². The third-order valence-electron chi connectivity index (χ3n) is 6.18. The van der Waals surface area contributed by atoms with E-state index in [4.69, 9.17) is 4.74 Å². The molecule has 0 spiro atoms. The minimum absolute atomic E-state index is 0.0128. The Morgan fingerprint density at radius 1 is 1.12 bits per heavy atom. The minimum Gasteiger partial charge on any atom is -0.492 e. The molecule has 0 aromatic heterocycles. The van der Waals surface area contributed by atoms with Crippen LogP contribution in [0.2, 0.25) is 0 Å². The summed E-state index contributed by atoms with van der Waals surface area (Å²) in [6, 6.07) is 9.97. The van der Waals surface area contributed by atoms with Crippen molar-refractivity contribution in [1.82, 2.24) is 4.90 Å². The van der Waals surface area contributed by atoms with E-state index in [9.17, 15) is 18.3 Å². The van der Waals surface area contributed by atoms with Crippen LogP contribution in [0.25, 0.3) is 0 Å². The van der Waals surface area contributed by atoms with Crippen LogP contribution in [0.15, 0.2) is 41.3 Å². The fourth-order valence-corrected chi connectivity index (χ4v) is 5.60. The number of nitrogens with one attached hydrogen (secondary N) is 2. The van der Waals surface area contributed by atoms with Crippen molar-refractivity contribution in [3.05, 3.63) is 47.5 Å². The molecule has 2 aliphatic rings. The average Bonchev–Trinajstić information content (AvgIpc) is 3.55. The molecule has 0 radical (unpaired) electrons. The minimum atomic E-state index is -4.03. The van der Waals surface area contributed by atoms with Crippen LogP contribution in [0.1, 0.15) is 47.5 Å². The van der Waals surface area contributed by atoms with Crippen LogP contribution in [0.3, 0.4) is 0 Å². The Hall–Kier alpha value is -2.78. The summed E-state index contributed by atoms with van der Waals surface area (Å²) >= 11 is 0. The highest BCUT2D eigenvalue weighted by molar-refractivity contribution is 7.92. The zero-order valence-electron chi connectivity index (χ0n) is 19.0. The van der Waals surface area contributed by atoms with Crippen LogP contribution in [-0.2, 0) is 10.0 Å². The summed E-state index contributed by atoms with van der Waals surface area (Å²) in [6.07, 6.45) is 4.02. The number of aromatic carboxylic acids is 1. The highest BCUT2D eigenvalue weighted by Crippen LogP contribution is 2.55. The average molecular weight is 474 g/mol. The third kappa shape index (κ3) is 5.25. The molecule has 2 unspecified atom stereocenters. The second-order valence-electron chi connectivity index (χ2n) is 9.02. The molecule has 1 aliphatic heterocycles. The number of carboxylic acids is 1. The third-order valence-corrected chi connectivity index (χ3v) is 7.61. The molecule has 4 rings (SSSR count). The van der Waals surface area contributed by atoms with Crippen molar-refractivity contribution in [1.29, 1.82) is 0 Å². The molecular weight excluding hydrogens is 442 g/mol. The fraction of sp³-hybridized carbons (Fsp3) is 0.458. The van der Waals surface area contributed by atoms with E-state index in [0.717, 1.165) is 37.8 Å². The lowest BCUT2D eigenvalue weighted by atomic mass is 10.0. The highest BCUT2D eigenvalue weighted by atomic mass is 32.2. The SMILES string of the molecule is CN(C)CCCCCNc1ccccc1S(=O)(=O)Nc1ccc2c(c1C(=O)O)OCC1CC21. The fourth-order valence-electron chi connectivity index (χ4n) is 4.35. The normalized spacial score (nSPS) is 18.8. The Kier molecular flexibility index (Phi) is 6.81. The number of fused-ring (bicyclic) bond motifs is 3. The van der Waals surface area contributed by atoms with Gasteiger partial charge >= 0.3 is 5.97 Å². The second-order valence-corrected chi connectivity index (χ2v) is 10.7. The number of hydrogen-bond donors (Lipinski definition) is 3. The standard InChI is InChI=1S/C24H31N3O5S/c1-27(2)13-7-3-6-12-25-19-8-4-5-9-21(19)33(30,31)26-20-11-10-17-18-14-16(18)15-32-23(17)22(20)24(28)29/h4-5,8-11,16,18,25-26H,3,6-7,12-15H2,1-2H3,(H,28,29). The van der Waals surface area contributed by atoms with Crippen LogP contribution in [0, 0.1) is 5.92 Å². The molecule has 9 heteroatoms. The van der Waals surface area contributed by atoms with E-state index < -0.39 is 16.0 Å². The molecule has 1 aliphatic carbocycles. The van der Waals surface area contributed by atoms with E-state index in [-0.39, 0.29) is 21.9 Å². The molecule has 33 heavy (non-hydrogen) atoms. The number of sulfonamides is 1. The predicted molar refractivity (Wildman–Crippen MR) is 128 cm³/mol. The summed E-state index contributed by atoms with van der Waals surface area (Å²) in [5.74, 6) is -0.193. The molecular formula is C24H31N3O5S. The first kappa shape index (κ1) is 23.4. The largest absolute Gasteiger partial charge is 0.492 e. The molecule has 0 saturated heterocycles. The van der Waals surface area contributed by atoms with Crippen molar-refractivity contribution in [3.63, 3.8) is 0 Å². The maximum absolute atomic E-state index is 13.3. The van der Waals surface area contributed by atoms with E-state index in [1.807, 2.05) is 14.1 Å². The maximum atomic E-state index is 13.3. The van der Waals surface area contributed by atoms with Crippen molar-refractivity contribution in [2.24, 2.45) is 5.92 Å². The van der Waals surface area contributed by atoms with Gasteiger partial charge in [0, 0.05) is 12.5 Å². The zero-order chi connectivity index (χ0) is 23.6. The van der Waals surface area contributed by atoms with Gasteiger partial charge in [-0.05, 0) is 69.6 Å². The van der Waals surface area contributed by atoms with E-state index in [0.29, 0.717) is 30.7 Å². The number of carbonyl (C=O) groups is 1. The van der Waals surface area contributed by atoms with Crippen LogP contribution >= 0.6 is 0 Å². The molecule has 1 saturated carbocycles. The predicted octanol–water partition coefficient (Wildman–Crippen LogP) is 3.83. The van der Waals surface area contributed by atoms with E-state index >= 15 is 0 Å². The molecule has 2 aromatic rings. The molecule has 1 heterocycles. The summed E-state index contributed by atoms with van der Waals surface area (Å²) in [4.78, 5) is 14.3. The second kappa shape index (κ2) is 9.61. The number of unbranched alkanes of at least 4 members (excludes halogenated alkanes) is 2. The number of carboxylic acid groups (broad SMARTS) is 1. The monoisotopic (exact) mass is 473 g/mol. The highest BCUT2D eigenvalue weighted by Gasteiger charge is 2.45. The van der Waals surface area contributed by atoms with E-state index in [1.54, 1.807) is 24.3 Å². The summed E-state index contributed by atoms with van der Waals surface area (Å²) in [5, 5.41) is 13.1. The molecule has 0 bridgehead atoms. The lowest BCUT2D eigenvalue weighted by Gasteiger charge is -2.21. The summed E-state index contributed by atoms with van der Waals surface area (Å²) in [5.41, 5.74) is 1.22. The van der Waals surface area contributed by atoms with Crippen LogP contribution in [-0.4, -0.2) is 58.2 Å². The molecule has 3 N–H and O–H groups in total. The van der Waals surface area contributed by atoms with Gasteiger partial charge < -0.3 is 20.1 Å². The van der Waals surface area contributed by atoms with Gasteiger partial charge in [0.15, 0.2) is 0 Å². The first-order valence-corrected chi connectivity index (χ1v) is 12.8. The molecule has 2 atom stereocenters. The molecule has 8 nitrogen and oxygen atoms in total. The number of anilines is 2. The summed E-state index contributed by atoms with van der Waals surface area (Å²) in [7, 11) is 0.0560. The van der Waals surface area contributed by atoms with Crippen molar-refractivity contribution < 1.29 is 23.1 Å². The lowest BCUT2D eigenvalue weighted by Crippen LogP contribution is -2.20. The number of hydrogen-bond acceptors (Lipinski definition) is 6. The molecule has 178 valence electrons. The Morgan fingerprint density at radius 2 is 1.91 bits per heavy atom. The van der Waals surface area contributed by atoms with Crippen LogP contribution in [0.5, 0.6) is 5.75 Å². The Bertz CT molecular complexity index is 1130. The smallest absolute Gasteiger partial charge is 0.341 e. The van der Waals surface area contributed by atoms with Crippen LogP contribution in [0.4, 0.5) is 11.4 Å². The van der Waals surface area contributed by atoms with Gasteiger partial charge in [-0.25, -0.2) is 13.2 Å². The number of benzene rings is 2. The quantitative estimate of drug-likeness (QED) is 0.426. The van der Waals surface area contributed by atoms with Gasteiger partial charge in [-0.3, -0.25) is 4.72 Å². The topological polar surface area (TPSA) is 108 Å². The maximum Gasteiger partial charge on any atom is 0.341 e. The van der Waals surface area contributed by atoms with Gasteiger partial charge in [0.2, 0.25) is 0 Å². The number of para-hydroxylation sites is 1. The number of nitrogens with zero attached hydrogens (tertiary/aromatic N) is 1. The Balaban J connectivity index is 1.51. The molecule has 2 aromatic carbocycles. The first-order valence-electron chi connectivity index (χ1n) is 11.3. The Labute approximate surface area is 195 Å². The number of ether oxygens (including phenoxy) is 1. The van der Waals surface area contributed by atoms with Crippen LogP contribution < -0.4 is 14.8 Å². The van der Waals surface area contributed by atoms with Gasteiger partial charge in [-0.1, -0.05) is 24.6 Å². The lowest BCUT2D eigenvalue weighted by molar-refractivity contribution is 0.0692. The summed E-state index contributed by atoms with van der Waals surface area (Å²) in [6.45, 7) is 2.14. The van der Waals surface area contributed by atoms with Crippen molar-refractivity contribution >= 4 is 27.4 Å². The van der Waals surface area contributed by atoms with Crippen molar-refractivity contribution in [2.75, 3.05) is 43.8 Å². The number of rotatable bonds is 11. The van der Waals surface area contributed by atoms with Crippen molar-refractivity contribution in [2.45, 2.75) is 36.5 Å². The summed E-state index contributed by atoms with van der Waals surface area (Å²) < 4.78 is 34.7. The van der Waals surface area contributed by atoms with Gasteiger partial charge in [0.05, 0.1) is 18.0 Å². The first-order chi connectivity index (χ1) is 15.8. The molecule has 1 fully saturated rings. The zero-order valence-corrected chi connectivity index (χ0v) is 19.8. The van der Waals surface area contributed by atoms with Gasteiger partial charge in [0.1, 0.15) is 16.2 Å².